The molecule has 0 heterocycles. The average molecular weight is 332 g/mol. The molecule has 0 amide bonds. The van der Waals surface area contributed by atoms with Crippen molar-refractivity contribution in [3.8, 4) is 11.8 Å². The predicted molar refractivity (Wildman–Crippen MR) is 81.3 cm³/mol. The summed E-state index contributed by atoms with van der Waals surface area (Å²) in [6.07, 6.45) is 0. The molecule has 0 aliphatic carbocycles. The molecule has 0 fully saturated rings. The molecule has 0 atom stereocenters. The summed E-state index contributed by atoms with van der Waals surface area (Å²) in [6, 6.07) is 13.4. The fraction of sp³-hybridized carbons (Fsp3) is 0.0667. The fourth-order valence-electron chi connectivity index (χ4n) is 1.65. The summed E-state index contributed by atoms with van der Waals surface area (Å²) < 4.78 is 28.6. The summed E-state index contributed by atoms with van der Waals surface area (Å²) in [4.78, 5) is 3.95. The quantitative estimate of drug-likeness (QED) is 0.512. The van der Waals surface area contributed by atoms with Gasteiger partial charge in [-0.1, -0.05) is 22.9 Å². The first-order valence-electron chi connectivity index (χ1n) is 6.36. The van der Waals surface area contributed by atoms with E-state index < -0.39 is 10.1 Å². The number of nitrogens with zero attached hydrogens (tertiary/aromatic N) is 2. The third kappa shape index (κ3) is 4.06. The van der Waals surface area contributed by atoms with E-state index in [1.807, 2.05) is 6.92 Å². The fourth-order valence-corrected chi connectivity index (χ4v) is 2.37. The Morgan fingerprint density at radius 2 is 1.74 bits per heavy atom. The van der Waals surface area contributed by atoms with Gasteiger partial charge in [0.05, 0.1) is 0 Å². The van der Waals surface area contributed by atoms with Crippen LogP contribution in [0.15, 0.2) is 58.6 Å². The summed E-state index contributed by atoms with van der Waals surface area (Å²) in [6.45, 7) is 1.82. The molecule has 0 radical (unpaired) electrons. The van der Waals surface area contributed by atoms with Gasteiger partial charge in [0.1, 0.15) is 11.0 Å². The summed E-state index contributed by atoms with van der Waals surface area (Å²) in [7, 11) is -4.11. The van der Waals surface area contributed by atoms with Crippen LogP contribution >= 0.6 is 0 Å². The van der Waals surface area contributed by atoms with E-state index in [4.69, 9.17) is 10.5 Å². The van der Waals surface area contributed by atoms with Crippen LogP contribution in [0.3, 0.4) is 0 Å². The molecule has 0 aliphatic heterocycles. The van der Waals surface area contributed by atoms with Crippen molar-refractivity contribution in [1.29, 1.82) is 5.26 Å². The minimum absolute atomic E-state index is 0.0619. The topological polar surface area (TPSA) is 109 Å². The molecule has 118 valence electrons. The predicted octanol–water partition coefficient (Wildman–Crippen LogP) is 2.48. The molecule has 0 spiro atoms. The second-order valence-corrected chi connectivity index (χ2v) is 6.04. The first kappa shape index (κ1) is 16.5. The van der Waals surface area contributed by atoms with Crippen LogP contribution in [-0.4, -0.2) is 19.4 Å². The third-order valence-electron chi connectivity index (χ3n) is 2.88. The van der Waals surface area contributed by atoms with Crippen molar-refractivity contribution >= 4 is 15.8 Å². The van der Waals surface area contributed by atoms with Crippen LogP contribution in [0.2, 0.25) is 0 Å². The van der Waals surface area contributed by atoms with Gasteiger partial charge in [0.15, 0.2) is 11.5 Å². The zero-order chi connectivity index (χ0) is 16.9. The van der Waals surface area contributed by atoms with Crippen molar-refractivity contribution in [2.75, 3.05) is 0 Å². The number of aryl methyl sites for hydroxylation is 1. The van der Waals surface area contributed by atoms with Crippen LogP contribution in [0.1, 0.15) is 11.1 Å². The highest BCUT2D eigenvalue weighted by Gasteiger charge is 2.16. The smallest absolute Gasteiger partial charge is 0.340 e. The van der Waals surface area contributed by atoms with Gasteiger partial charge in [-0.2, -0.15) is 13.7 Å². The minimum atomic E-state index is -4.11. The highest BCUT2D eigenvalue weighted by molar-refractivity contribution is 7.86. The molecule has 8 heteroatoms. The van der Waals surface area contributed by atoms with Crippen molar-refractivity contribution in [1.82, 2.24) is 0 Å². The van der Waals surface area contributed by atoms with Gasteiger partial charge in [0, 0.05) is 5.56 Å². The lowest BCUT2D eigenvalue weighted by atomic mass is 10.1. The van der Waals surface area contributed by atoms with Gasteiger partial charge in [-0.05, 0) is 43.3 Å². The zero-order valence-corrected chi connectivity index (χ0v) is 12.8. The lowest BCUT2D eigenvalue weighted by Crippen LogP contribution is -2.06. The molecule has 7 nitrogen and oxygen atoms in total. The number of benzene rings is 2. The minimum Gasteiger partial charge on any atom is -0.340 e. The van der Waals surface area contributed by atoms with Gasteiger partial charge in [-0.25, -0.2) is 5.26 Å². The van der Waals surface area contributed by atoms with E-state index in [0.29, 0.717) is 5.56 Å². The Morgan fingerprint density at radius 1 is 1.13 bits per heavy atom. The van der Waals surface area contributed by atoms with Gasteiger partial charge in [-0.3, -0.25) is 4.28 Å². The number of nitriles is 1. The van der Waals surface area contributed by atoms with Gasteiger partial charge in [0.2, 0.25) is 0 Å². The Balaban J connectivity index is 2.24. The Hall–Kier alpha value is -2.89. The number of rotatable bonds is 5. The lowest BCUT2D eigenvalue weighted by molar-refractivity contribution is -0.137. The van der Waals surface area contributed by atoms with Gasteiger partial charge in [0.25, 0.3) is 0 Å². The first-order chi connectivity index (χ1) is 11.0. The molecule has 2 rings (SSSR count). The molecule has 0 unspecified atom stereocenters. The number of hydrogen-bond donors (Lipinski definition) is 1. The maximum Gasteiger partial charge on any atom is 0.358 e. The van der Waals surface area contributed by atoms with Gasteiger partial charge in [-0.15, -0.1) is 0 Å². The summed E-state index contributed by atoms with van der Waals surface area (Å²) in [5.41, 5.74) is 0.980. The molecule has 0 saturated heterocycles. The van der Waals surface area contributed by atoms with Gasteiger partial charge >= 0.3 is 10.1 Å². The third-order valence-corrected chi connectivity index (χ3v) is 4.00. The lowest BCUT2D eigenvalue weighted by Gasteiger charge is -2.03. The normalized spacial score (nSPS) is 11.6. The molecule has 2 aromatic rings. The molecule has 2 aromatic carbocycles. The highest BCUT2D eigenvalue weighted by atomic mass is 32.2. The summed E-state index contributed by atoms with van der Waals surface area (Å²) in [5, 5.41) is 21.0. The zero-order valence-electron chi connectivity index (χ0n) is 12.0. The van der Waals surface area contributed by atoms with Gasteiger partial charge < -0.3 is 4.89 Å². The van der Waals surface area contributed by atoms with Crippen molar-refractivity contribution in [3.05, 3.63) is 59.7 Å². The van der Waals surface area contributed by atoms with Crippen LogP contribution in [0.4, 0.5) is 0 Å². The number of hydrogen-bond acceptors (Lipinski definition) is 7. The average Bonchev–Trinajstić information content (AvgIpc) is 2.56. The Labute approximate surface area is 133 Å². The molecule has 0 bridgehead atoms. The SMILES string of the molecule is Cc1ccc(S(=O)(=O)O/N=C(\C#N)c2ccc(OO)cc2)cc1. The van der Waals surface area contributed by atoms with Crippen LogP contribution in [0.5, 0.6) is 5.75 Å². The van der Waals surface area contributed by atoms with Crippen LogP contribution in [0.25, 0.3) is 0 Å². The molecule has 0 aromatic heterocycles. The second-order valence-electron chi connectivity index (χ2n) is 4.51. The van der Waals surface area contributed by atoms with E-state index in [1.165, 1.54) is 36.4 Å². The monoisotopic (exact) mass is 332 g/mol. The molecular formula is C15H12N2O5S. The van der Waals surface area contributed by atoms with Crippen molar-refractivity contribution in [2.24, 2.45) is 5.16 Å². The molecule has 1 N–H and O–H groups in total. The second kappa shape index (κ2) is 6.91. The van der Waals surface area contributed by atoms with Crippen LogP contribution in [-0.2, 0) is 14.4 Å². The Kier molecular flexibility index (Phi) is 4.95. The van der Waals surface area contributed by atoms with E-state index in [-0.39, 0.29) is 16.4 Å². The molecule has 23 heavy (non-hydrogen) atoms. The Morgan fingerprint density at radius 3 is 2.26 bits per heavy atom. The van der Waals surface area contributed by atoms with Crippen LogP contribution < -0.4 is 4.89 Å². The maximum absolute atomic E-state index is 12.0. The van der Waals surface area contributed by atoms with E-state index in [2.05, 4.69) is 14.3 Å². The molecule has 0 aliphatic rings. The molecule has 0 saturated carbocycles. The van der Waals surface area contributed by atoms with E-state index in [1.54, 1.807) is 18.2 Å². The summed E-state index contributed by atoms with van der Waals surface area (Å²) >= 11 is 0. The van der Waals surface area contributed by atoms with E-state index >= 15 is 0 Å². The maximum atomic E-state index is 12.0. The number of oxime groups is 1. The summed E-state index contributed by atoms with van der Waals surface area (Å²) in [5.74, 6) is 0.166. The molecular weight excluding hydrogens is 320 g/mol. The first-order valence-corrected chi connectivity index (χ1v) is 7.77. The van der Waals surface area contributed by atoms with E-state index in [0.717, 1.165) is 5.56 Å². The van der Waals surface area contributed by atoms with Crippen molar-refractivity contribution in [3.63, 3.8) is 0 Å². The standard InChI is InChI=1S/C15H12N2O5S/c1-11-2-8-14(9-3-11)23(19,20)22-17-15(10-16)12-4-6-13(21-18)7-5-12/h2-9,18H,1H3/b17-15+. The van der Waals surface area contributed by atoms with Crippen molar-refractivity contribution < 1.29 is 22.8 Å². The largest absolute Gasteiger partial charge is 0.358 e. The van der Waals surface area contributed by atoms with Crippen molar-refractivity contribution in [2.45, 2.75) is 11.8 Å². The van der Waals surface area contributed by atoms with Crippen LogP contribution in [0, 0.1) is 18.3 Å². The van der Waals surface area contributed by atoms with E-state index in [9.17, 15) is 8.42 Å². The Bertz CT molecular complexity index is 850. The highest BCUT2D eigenvalue weighted by Crippen LogP contribution is 2.15.